The van der Waals surface area contributed by atoms with Crippen LogP contribution in [0.1, 0.15) is 5.56 Å². The standard InChI is InChI=1S/C13H8Cl3F2N/c14-8-4-10(15)13(11(16)5-8)19-6-7-3-9(17)1-2-12(7)18/h1-5,19H,6H2. The van der Waals surface area contributed by atoms with Gasteiger partial charge in [0.25, 0.3) is 0 Å². The molecule has 0 saturated carbocycles. The van der Waals surface area contributed by atoms with Gasteiger partial charge in [-0.15, -0.1) is 0 Å². The van der Waals surface area contributed by atoms with Gasteiger partial charge >= 0.3 is 0 Å². The Kier molecular flexibility index (Phi) is 4.50. The van der Waals surface area contributed by atoms with Crippen LogP contribution in [-0.2, 0) is 6.54 Å². The smallest absolute Gasteiger partial charge is 0.128 e. The van der Waals surface area contributed by atoms with Crippen molar-refractivity contribution in [3.8, 4) is 0 Å². The summed E-state index contributed by atoms with van der Waals surface area (Å²) in [6.45, 7) is 0.0602. The van der Waals surface area contributed by atoms with Gasteiger partial charge in [0.15, 0.2) is 0 Å². The summed E-state index contributed by atoms with van der Waals surface area (Å²) in [5, 5.41) is 3.89. The molecule has 6 heteroatoms. The van der Waals surface area contributed by atoms with Crippen LogP contribution in [0.5, 0.6) is 0 Å². The van der Waals surface area contributed by atoms with E-state index in [0.29, 0.717) is 20.8 Å². The highest BCUT2D eigenvalue weighted by molar-refractivity contribution is 6.41. The van der Waals surface area contributed by atoms with Crippen LogP contribution in [0.3, 0.4) is 0 Å². The van der Waals surface area contributed by atoms with Crippen molar-refractivity contribution in [3.63, 3.8) is 0 Å². The first-order chi connectivity index (χ1) is 8.97. The van der Waals surface area contributed by atoms with E-state index in [1.165, 1.54) is 12.1 Å². The molecule has 0 saturated heterocycles. The Bertz CT molecular complexity index is 594. The van der Waals surface area contributed by atoms with Gasteiger partial charge in [0, 0.05) is 17.1 Å². The van der Waals surface area contributed by atoms with Gasteiger partial charge in [-0.2, -0.15) is 0 Å². The maximum absolute atomic E-state index is 13.4. The molecule has 1 N–H and O–H groups in total. The highest BCUT2D eigenvalue weighted by Gasteiger charge is 2.09. The minimum Gasteiger partial charge on any atom is -0.378 e. The van der Waals surface area contributed by atoms with E-state index in [9.17, 15) is 8.78 Å². The molecule has 1 nitrogen and oxygen atoms in total. The summed E-state index contributed by atoms with van der Waals surface area (Å²) in [6, 6.07) is 6.26. The van der Waals surface area contributed by atoms with Gasteiger partial charge in [0.1, 0.15) is 11.6 Å². The quantitative estimate of drug-likeness (QED) is 0.782. The third-order valence-corrected chi connectivity index (χ3v) is 3.28. The molecule has 0 aliphatic rings. The summed E-state index contributed by atoms with van der Waals surface area (Å²) < 4.78 is 26.5. The zero-order chi connectivity index (χ0) is 14.0. The molecule has 0 amide bonds. The minimum atomic E-state index is -0.508. The second kappa shape index (κ2) is 5.95. The summed E-state index contributed by atoms with van der Waals surface area (Å²) in [7, 11) is 0. The average molecular weight is 323 g/mol. The van der Waals surface area contributed by atoms with E-state index in [0.717, 1.165) is 18.2 Å². The first-order valence-electron chi connectivity index (χ1n) is 5.29. The molecule has 0 spiro atoms. The van der Waals surface area contributed by atoms with Crippen molar-refractivity contribution >= 4 is 40.5 Å². The number of nitrogens with one attached hydrogen (secondary N) is 1. The number of benzene rings is 2. The highest BCUT2D eigenvalue weighted by Crippen LogP contribution is 2.34. The lowest BCUT2D eigenvalue weighted by atomic mass is 10.2. The Morgan fingerprint density at radius 1 is 0.947 bits per heavy atom. The van der Waals surface area contributed by atoms with Crippen LogP contribution in [0.4, 0.5) is 14.5 Å². The monoisotopic (exact) mass is 321 g/mol. The van der Waals surface area contributed by atoms with Gasteiger partial charge in [-0.25, -0.2) is 8.78 Å². The molecule has 0 aliphatic carbocycles. The van der Waals surface area contributed by atoms with Gasteiger partial charge in [-0.05, 0) is 30.3 Å². The first kappa shape index (κ1) is 14.4. The molecule has 100 valence electrons. The Morgan fingerprint density at radius 2 is 1.58 bits per heavy atom. The largest absolute Gasteiger partial charge is 0.378 e. The molecular formula is C13H8Cl3F2N. The van der Waals surface area contributed by atoms with E-state index < -0.39 is 11.6 Å². The fourth-order valence-corrected chi connectivity index (χ4v) is 2.52. The highest BCUT2D eigenvalue weighted by atomic mass is 35.5. The van der Waals surface area contributed by atoms with Crippen LogP contribution in [0.15, 0.2) is 30.3 Å². The molecule has 0 fully saturated rings. The lowest BCUT2D eigenvalue weighted by Crippen LogP contribution is -2.03. The van der Waals surface area contributed by atoms with E-state index in [2.05, 4.69) is 5.32 Å². The van der Waals surface area contributed by atoms with Crippen molar-refractivity contribution < 1.29 is 8.78 Å². The SMILES string of the molecule is Fc1ccc(F)c(CNc2c(Cl)cc(Cl)cc2Cl)c1. The van der Waals surface area contributed by atoms with Crippen molar-refractivity contribution in [3.05, 3.63) is 62.6 Å². The van der Waals surface area contributed by atoms with Crippen LogP contribution in [0.25, 0.3) is 0 Å². The Morgan fingerprint density at radius 3 is 2.21 bits per heavy atom. The average Bonchev–Trinajstić information content (AvgIpc) is 2.32. The normalized spacial score (nSPS) is 10.6. The molecule has 0 unspecified atom stereocenters. The molecular weight excluding hydrogens is 315 g/mol. The van der Waals surface area contributed by atoms with Gasteiger partial charge in [-0.3, -0.25) is 0 Å². The zero-order valence-electron chi connectivity index (χ0n) is 9.48. The summed E-state index contributed by atoms with van der Waals surface area (Å²) in [6.07, 6.45) is 0. The van der Waals surface area contributed by atoms with Crippen LogP contribution in [0.2, 0.25) is 15.1 Å². The van der Waals surface area contributed by atoms with E-state index in [4.69, 9.17) is 34.8 Å². The number of rotatable bonds is 3. The van der Waals surface area contributed by atoms with Gasteiger partial charge < -0.3 is 5.32 Å². The predicted molar refractivity (Wildman–Crippen MR) is 75.2 cm³/mol. The second-order valence-corrected chi connectivity index (χ2v) is 5.08. The molecule has 0 radical (unpaired) electrons. The maximum Gasteiger partial charge on any atom is 0.128 e. The molecule has 0 aromatic heterocycles. The van der Waals surface area contributed by atoms with Crippen molar-refractivity contribution in [2.75, 3.05) is 5.32 Å². The summed E-state index contributed by atoms with van der Waals surface area (Å²) in [5.41, 5.74) is 0.610. The fraction of sp³-hybridized carbons (Fsp3) is 0.0769. The zero-order valence-corrected chi connectivity index (χ0v) is 11.8. The van der Waals surface area contributed by atoms with Crippen LogP contribution in [-0.4, -0.2) is 0 Å². The van der Waals surface area contributed by atoms with Crippen LogP contribution >= 0.6 is 34.8 Å². The molecule has 0 aliphatic heterocycles. The first-order valence-corrected chi connectivity index (χ1v) is 6.43. The number of hydrogen-bond acceptors (Lipinski definition) is 1. The summed E-state index contributed by atoms with van der Waals surface area (Å²) in [5.74, 6) is -1.01. The molecule has 0 bridgehead atoms. The number of halogens is 5. The third kappa shape index (κ3) is 3.50. The fourth-order valence-electron chi connectivity index (χ4n) is 1.57. The number of anilines is 1. The minimum absolute atomic E-state index is 0.0602. The molecule has 0 heterocycles. The maximum atomic E-state index is 13.4. The van der Waals surface area contributed by atoms with Gasteiger partial charge in [0.2, 0.25) is 0 Å². The van der Waals surface area contributed by atoms with Crippen LogP contribution in [0, 0.1) is 11.6 Å². The molecule has 2 rings (SSSR count). The van der Waals surface area contributed by atoms with E-state index in [1.807, 2.05) is 0 Å². The van der Waals surface area contributed by atoms with E-state index in [1.54, 1.807) is 0 Å². The predicted octanol–water partition coefficient (Wildman–Crippen LogP) is 5.54. The van der Waals surface area contributed by atoms with E-state index >= 15 is 0 Å². The Labute approximate surface area is 124 Å². The van der Waals surface area contributed by atoms with E-state index in [-0.39, 0.29) is 12.1 Å². The Balaban J connectivity index is 2.21. The lowest BCUT2D eigenvalue weighted by molar-refractivity contribution is 0.587. The van der Waals surface area contributed by atoms with Gasteiger partial charge in [-0.1, -0.05) is 34.8 Å². The topological polar surface area (TPSA) is 12.0 Å². The lowest BCUT2D eigenvalue weighted by Gasteiger charge is -2.11. The molecule has 0 atom stereocenters. The molecule has 19 heavy (non-hydrogen) atoms. The molecule has 2 aromatic rings. The number of hydrogen-bond donors (Lipinski definition) is 1. The Hall–Kier alpha value is -1.03. The van der Waals surface area contributed by atoms with Crippen molar-refractivity contribution in [1.82, 2.24) is 0 Å². The van der Waals surface area contributed by atoms with Crippen molar-refractivity contribution in [1.29, 1.82) is 0 Å². The van der Waals surface area contributed by atoms with Crippen molar-refractivity contribution in [2.24, 2.45) is 0 Å². The third-order valence-electron chi connectivity index (χ3n) is 2.47. The van der Waals surface area contributed by atoms with Crippen molar-refractivity contribution in [2.45, 2.75) is 6.54 Å². The summed E-state index contributed by atoms with van der Waals surface area (Å²) in [4.78, 5) is 0. The van der Waals surface area contributed by atoms with Gasteiger partial charge in [0.05, 0.1) is 15.7 Å². The van der Waals surface area contributed by atoms with Crippen LogP contribution < -0.4 is 5.32 Å². The summed E-state index contributed by atoms with van der Waals surface area (Å²) >= 11 is 17.7. The second-order valence-electron chi connectivity index (χ2n) is 3.83. The molecule has 2 aromatic carbocycles.